The van der Waals surface area contributed by atoms with Gasteiger partial charge in [0.15, 0.2) is 0 Å². The highest BCUT2D eigenvalue weighted by atomic mass is 127. The lowest BCUT2D eigenvalue weighted by atomic mass is 9.84. The smallest absolute Gasteiger partial charge is 0.0151 e. The minimum absolute atomic E-state index is 0.393. The monoisotopic (exact) mass is 297 g/mol. The van der Waals surface area contributed by atoms with Crippen LogP contribution < -0.4 is 0 Å². The average Bonchev–Trinajstić information content (AvgIpc) is 1.96. The maximum atomic E-state index is 2.50. The fourth-order valence-corrected chi connectivity index (χ4v) is 2.30. The van der Waals surface area contributed by atoms with Crippen LogP contribution in [-0.2, 0) is 0 Å². The van der Waals surface area contributed by atoms with Crippen molar-refractivity contribution in [3.05, 3.63) is 0 Å². The molecule has 0 aliphatic rings. The predicted molar refractivity (Wildman–Crippen MR) is 69.6 cm³/mol. The van der Waals surface area contributed by atoms with Crippen molar-refractivity contribution in [2.45, 2.75) is 53.1 Å². The molecule has 0 aliphatic heterocycles. The van der Waals surface area contributed by atoms with E-state index in [1.807, 2.05) is 0 Å². The number of nitrogens with zero attached hydrogens (tertiary/aromatic N) is 1. The normalized spacial score (nSPS) is 15.5. The Balaban J connectivity index is 4.41. The molecule has 0 fully saturated rings. The molecule has 0 N–H and O–H groups in total. The van der Waals surface area contributed by atoms with E-state index < -0.39 is 0 Å². The Morgan fingerprint density at radius 2 is 1.69 bits per heavy atom. The molecule has 0 aromatic rings. The summed E-state index contributed by atoms with van der Waals surface area (Å²) in [5, 5.41) is 0. The zero-order valence-electron chi connectivity index (χ0n) is 9.89. The van der Waals surface area contributed by atoms with Gasteiger partial charge in [-0.2, -0.15) is 0 Å². The van der Waals surface area contributed by atoms with Crippen molar-refractivity contribution in [1.29, 1.82) is 0 Å². The van der Waals surface area contributed by atoms with Crippen LogP contribution in [0.5, 0.6) is 0 Å². The molecule has 0 rings (SSSR count). The van der Waals surface area contributed by atoms with Crippen LogP contribution in [-0.4, -0.2) is 28.5 Å². The third kappa shape index (κ3) is 4.63. The summed E-state index contributed by atoms with van der Waals surface area (Å²) in [5.74, 6) is 0. The molecule has 0 amide bonds. The highest BCUT2D eigenvalue weighted by molar-refractivity contribution is 14.1. The van der Waals surface area contributed by atoms with Crippen LogP contribution in [0.1, 0.15) is 41.0 Å². The number of hydrogen-bond acceptors (Lipinski definition) is 1. The Morgan fingerprint density at radius 3 is 1.92 bits per heavy atom. The quantitative estimate of drug-likeness (QED) is 0.566. The van der Waals surface area contributed by atoms with Gasteiger partial charge in [0.2, 0.25) is 0 Å². The second kappa shape index (κ2) is 5.54. The molecule has 2 heteroatoms. The van der Waals surface area contributed by atoms with E-state index in [1.54, 1.807) is 0 Å². The molecule has 1 nitrogen and oxygen atoms in total. The van der Waals surface area contributed by atoms with Crippen LogP contribution in [0.3, 0.4) is 0 Å². The summed E-state index contributed by atoms with van der Waals surface area (Å²) in [4.78, 5) is 2.50. The molecule has 0 heterocycles. The van der Waals surface area contributed by atoms with Crippen molar-refractivity contribution < 1.29 is 0 Å². The minimum Gasteiger partial charge on any atom is -0.300 e. The molecule has 0 aromatic heterocycles. The highest BCUT2D eigenvalue weighted by Gasteiger charge is 2.28. The fraction of sp³-hybridized carbons (Fsp3) is 1.00. The molecule has 0 saturated heterocycles. The molecule has 0 aromatic carbocycles. The molecule has 0 aliphatic carbocycles. The van der Waals surface area contributed by atoms with Crippen LogP contribution >= 0.6 is 22.6 Å². The maximum absolute atomic E-state index is 2.50. The number of hydrogen-bond donors (Lipinski definition) is 0. The number of halogens is 1. The standard InChI is InChI=1S/C11H24IN/c1-9(2)13(6)10(7-8-12)11(3,4)5/h9-10H,7-8H2,1-6H3. The summed E-state index contributed by atoms with van der Waals surface area (Å²) in [7, 11) is 2.24. The highest BCUT2D eigenvalue weighted by Crippen LogP contribution is 2.27. The van der Waals surface area contributed by atoms with Gasteiger partial charge in [-0.05, 0) is 32.7 Å². The summed E-state index contributed by atoms with van der Waals surface area (Å²) in [6.07, 6.45) is 1.29. The minimum atomic E-state index is 0.393. The second-order valence-electron chi connectivity index (χ2n) is 5.12. The summed E-state index contributed by atoms with van der Waals surface area (Å²) in [6.45, 7) is 11.5. The predicted octanol–water partition coefficient (Wildman–Crippen LogP) is 3.57. The molecule has 13 heavy (non-hydrogen) atoms. The Bertz CT molecular complexity index is 138. The van der Waals surface area contributed by atoms with Crippen LogP contribution in [0, 0.1) is 5.41 Å². The van der Waals surface area contributed by atoms with Gasteiger partial charge in [0, 0.05) is 16.5 Å². The molecule has 0 radical (unpaired) electrons. The van der Waals surface area contributed by atoms with Crippen LogP contribution in [0.15, 0.2) is 0 Å². The summed E-state index contributed by atoms with van der Waals surface area (Å²) in [6, 6.07) is 1.34. The van der Waals surface area contributed by atoms with Gasteiger partial charge in [0.1, 0.15) is 0 Å². The van der Waals surface area contributed by atoms with Gasteiger partial charge in [-0.15, -0.1) is 0 Å². The van der Waals surface area contributed by atoms with Crippen molar-refractivity contribution in [3.63, 3.8) is 0 Å². The first-order valence-corrected chi connectivity index (χ1v) is 6.61. The topological polar surface area (TPSA) is 3.24 Å². The molecule has 0 bridgehead atoms. The Kier molecular flexibility index (Phi) is 5.84. The van der Waals surface area contributed by atoms with Gasteiger partial charge in [-0.25, -0.2) is 0 Å². The van der Waals surface area contributed by atoms with Crippen molar-refractivity contribution in [2.75, 3.05) is 11.5 Å². The van der Waals surface area contributed by atoms with E-state index in [0.29, 0.717) is 17.5 Å². The van der Waals surface area contributed by atoms with Crippen molar-refractivity contribution in [1.82, 2.24) is 4.90 Å². The molecule has 1 unspecified atom stereocenters. The van der Waals surface area contributed by atoms with Crippen LogP contribution in [0.2, 0.25) is 0 Å². The van der Waals surface area contributed by atoms with E-state index in [4.69, 9.17) is 0 Å². The van der Waals surface area contributed by atoms with E-state index in [-0.39, 0.29) is 0 Å². The largest absolute Gasteiger partial charge is 0.300 e. The van der Waals surface area contributed by atoms with Crippen LogP contribution in [0.25, 0.3) is 0 Å². The van der Waals surface area contributed by atoms with E-state index in [2.05, 4.69) is 69.2 Å². The van der Waals surface area contributed by atoms with Gasteiger partial charge in [0.25, 0.3) is 0 Å². The van der Waals surface area contributed by atoms with E-state index >= 15 is 0 Å². The third-order valence-electron chi connectivity index (χ3n) is 2.69. The summed E-state index contributed by atoms with van der Waals surface area (Å²) in [5.41, 5.74) is 0.393. The zero-order valence-corrected chi connectivity index (χ0v) is 12.1. The van der Waals surface area contributed by atoms with Crippen molar-refractivity contribution >= 4 is 22.6 Å². The maximum Gasteiger partial charge on any atom is 0.0151 e. The van der Waals surface area contributed by atoms with E-state index in [0.717, 1.165) is 0 Å². The SMILES string of the molecule is CC(C)N(C)C(CCI)C(C)(C)C. The van der Waals surface area contributed by atoms with Gasteiger partial charge in [-0.1, -0.05) is 43.4 Å². The molecule has 80 valence electrons. The van der Waals surface area contributed by atoms with E-state index in [9.17, 15) is 0 Å². The first kappa shape index (κ1) is 13.7. The average molecular weight is 297 g/mol. The van der Waals surface area contributed by atoms with Crippen LogP contribution in [0.4, 0.5) is 0 Å². The molecule has 0 spiro atoms. The molecular weight excluding hydrogens is 273 g/mol. The van der Waals surface area contributed by atoms with Gasteiger partial charge >= 0.3 is 0 Å². The Labute approximate surface area is 97.4 Å². The first-order valence-electron chi connectivity index (χ1n) is 5.08. The fourth-order valence-electron chi connectivity index (χ4n) is 1.71. The summed E-state index contributed by atoms with van der Waals surface area (Å²) >= 11 is 2.47. The lowest BCUT2D eigenvalue weighted by Gasteiger charge is -2.40. The summed E-state index contributed by atoms with van der Waals surface area (Å²) < 4.78 is 1.25. The van der Waals surface area contributed by atoms with Gasteiger partial charge in [0.05, 0.1) is 0 Å². The van der Waals surface area contributed by atoms with E-state index in [1.165, 1.54) is 10.8 Å². The molecule has 0 saturated carbocycles. The van der Waals surface area contributed by atoms with Gasteiger partial charge < -0.3 is 4.90 Å². The van der Waals surface area contributed by atoms with Crippen molar-refractivity contribution in [2.24, 2.45) is 5.41 Å². The molecular formula is C11H24IN. The Hall–Kier alpha value is 0.690. The number of alkyl halides is 1. The zero-order chi connectivity index (χ0) is 10.6. The molecule has 1 atom stereocenters. The lowest BCUT2D eigenvalue weighted by molar-refractivity contribution is 0.0957. The second-order valence-corrected chi connectivity index (χ2v) is 6.20. The number of rotatable bonds is 4. The van der Waals surface area contributed by atoms with Gasteiger partial charge in [-0.3, -0.25) is 0 Å². The lowest BCUT2D eigenvalue weighted by Crippen LogP contribution is -2.45. The first-order chi connectivity index (χ1) is 5.80. The van der Waals surface area contributed by atoms with Crippen molar-refractivity contribution in [3.8, 4) is 0 Å². The Morgan fingerprint density at radius 1 is 1.23 bits per heavy atom. The third-order valence-corrected chi connectivity index (χ3v) is 3.31.